The van der Waals surface area contributed by atoms with E-state index in [-0.39, 0.29) is 12.5 Å². The number of amides is 1. The number of aliphatic hydroxyl groups excluding tert-OH is 1. The van der Waals surface area contributed by atoms with Crippen molar-refractivity contribution in [1.82, 2.24) is 14.8 Å². The van der Waals surface area contributed by atoms with Gasteiger partial charge in [-0.3, -0.25) is 4.79 Å². The highest BCUT2D eigenvalue weighted by Gasteiger charge is 2.33. The molecule has 0 bridgehead atoms. The molecular weight excluding hydrogens is 474 g/mol. The number of H-pyrrole nitrogens is 1. The van der Waals surface area contributed by atoms with Crippen LogP contribution in [0.15, 0.2) is 48.5 Å². The molecule has 2 aromatic carbocycles. The first-order chi connectivity index (χ1) is 17.6. The van der Waals surface area contributed by atoms with Crippen molar-refractivity contribution in [2.24, 2.45) is 0 Å². The van der Waals surface area contributed by atoms with Crippen molar-refractivity contribution in [3.63, 3.8) is 0 Å². The zero-order chi connectivity index (χ0) is 25.5. The van der Waals surface area contributed by atoms with Crippen LogP contribution in [0.2, 0.25) is 5.02 Å². The molecule has 2 aliphatic rings. The van der Waals surface area contributed by atoms with Crippen LogP contribution in [0.3, 0.4) is 0 Å². The van der Waals surface area contributed by atoms with Gasteiger partial charge in [-0.25, -0.2) is 0 Å². The smallest absolute Gasteiger partial charge is 0.256 e. The van der Waals surface area contributed by atoms with Crippen LogP contribution in [0.4, 0.5) is 0 Å². The summed E-state index contributed by atoms with van der Waals surface area (Å²) in [6.07, 6.45) is 4.59. The molecule has 2 fully saturated rings. The summed E-state index contributed by atoms with van der Waals surface area (Å²) in [6.45, 7) is 7.94. The van der Waals surface area contributed by atoms with Gasteiger partial charge in [0, 0.05) is 40.6 Å². The van der Waals surface area contributed by atoms with Gasteiger partial charge in [0.2, 0.25) is 0 Å². The fourth-order valence-corrected chi connectivity index (χ4v) is 5.49. The number of carbonyl (C=O) groups excluding carboxylic acids is 1. The molecule has 2 saturated heterocycles. The van der Waals surface area contributed by atoms with E-state index in [1.807, 2.05) is 43.0 Å². The van der Waals surface area contributed by atoms with Crippen molar-refractivity contribution in [2.45, 2.75) is 64.7 Å². The largest absolute Gasteiger partial charge is 0.487 e. The molecular formula is C29H38ClN3O3. The van der Waals surface area contributed by atoms with E-state index in [2.05, 4.69) is 9.88 Å². The molecule has 0 radical (unpaired) electrons. The minimum Gasteiger partial charge on any atom is -0.487 e. The minimum absolute atomic E-state index is 0.215. The van der Waals surface area contributed by atoms with E-state index >= 15 is 0 Å². The average molecular weight is 512 g/mol. The zero-order valence-electron chi connectivity index (χ0n) is 21.4. The SMILES string of the molecule is CC.O=C(C(O)c1c(COc2ccc(Cl)cc2)[nH]c2ccccc12)N1CCC(N2CCCCC2)CC1. The minimum atomic E-state index is -1.23. The van der Waals surface area contributed by atoms with Crippen molar-refractivity contribution in [3.8, 4) is 5.75 Å². The first kappa shape index (κ1) is 26.5. The van der Waals surface area contributed by atoms with Crippen molar-refractivity contribution in [1.29, 1.82) is 0 Å². The molecule has 1 amide bonds. The van der Waals surface area contributed by atoms with Gasteiger partial charge in [0.15, 0.2) is 6.10 Å². The summed E-state index contributed by atoms with van der Waals surface area (Å²) in [5.41, 5.74) is 2.19. The van der Waals surface area contributed by atoms with E-state index in [4.69, 9.17) is 16.3 Å². The summed E-state index contributed by atoms with van der Waals surface area (Å²) in [4.78, 5) is 21.1. The van der Waals surface area contributed by atoms with Crippen LogP contribution in [0.5, 0.6) is 5.75 Å². The second-order valence-corrected chi connectivity index (χ2v) is 9.80. The number of aromatic nitrogens is 1. The predicted molar refractivity (Wildman–Crippen MR) is 145 cm³/mol. The zero-order valence-corrected chi connectivity index (χ0v) is 22.1. The number of rotatable bonds is 6. The highest BCUT2D eigenvalue weighted by atomic mass is 35.5. The van der Waals surface area contributed by atoms with E-state index in [0.717, 1.165) is 23.7 Å². The second-order valence-electron chi connectivity index (χ2n) is 9.36. The van der Waals surface area contributed by atoms with Crippen molar-refractivity contribution in [2.75, 3.05) is 26.2 Å². The predicted octanol–water partition coefficient (Wildman–Crippen LogP) is 5.94. The number of fused-ring (bicyclic) bond motifs is 1. The second kappa shape index (κ2) is 12.6. The Morgan fingerprint density at radius 3 is 2.39 bits per heavy atom. The molecule has 5 rings (SSSR count). The quantitative estimate of drug-likeness (QED) is 0.430. The highest BCUT2D eigenvalue weighted by Crippen LogP contribution is 2.31. The van der Waals surface area contributed by atoms with Crippen LogP contribution in [0.1, 0.15) is 63.3 Å². The molecule has 6 nitrogen and oxygen atoms in total. The first-order valence-corrected chi connectivity index (χ1v) is 13.7. The molecule has 1 aromatic heterocycles. The number of hydrogen-bond acceptors (Lipinski definition) is 4. The Hall–Kier alpha value is -2.54. The van der Waals surface area contributed by atoms with Crippen molar-refractivity contribution in [3.05, 3.63) is 64.8 Å². The lowest BCUT2D eigenvalue weighted by Gasteiger charge is -2.40. The topological polar surface area (TPSA) is 68.8 Å². The van der Waals surface area contributed by atoms with Gasteiger partial charge in [-0.05, 0) is 69.1 Å². The van der Waals surface area contributed by atoms with Gasteiger partial charge in [-0.15, -0.1) is 0 Å². The van der Waals surface area contributed by atoms with E-state index < -0.39 is 6.10 Å². The number of benzene rings is 2. The molecule has 0 spiro atoms. The highest BCUT2D eigenvalue weighted by molar-refractivity contribution is 6.30. The van der Waals surface area contributed by atoms with Crippen LogP contribution >= 0.6 is 11.6 Å². The molecule has 36 heavy (non-hydrogen) atoms. The van der Waals surface area contributed by atoms with E-state index in [1.165, 1.54) is 32.4 Å². The number of ether oxygens (including phenoxy) is 1. The number of hydrogen-bond donors (Lipinski definition) is 2. The Morgan fingerprint density at radius 1 is 1.03 bits per heavy atom. The van der Waals surface area contributed by atoms with E-state index in [9.17, 15) is 9.90 Å². The van der Waals surface area contributed by atoms with E-state index in [1.54, 1.807) is 24.3 Å². The molecule has 1 atom stereocenters. The molecule has 0 saturated carbocycles. The molecule has 3 aromatic rings. The van der Waals surface area contributed by atoms with Gasteiger partial charge >= 0.3 is 0 Å². The number of para-hydroxylation sites is 1. The molecule has 0 aliphatic carbocycles. The molecule has 3 heterocycles. The molecule has 1 unspecified atom stereocenters. The summed E-state index contributed by atoms with van der Waals surface area (Å²) < 4.78 is 5.94. The molecule has 2 aliphatic heterocycles. The molecule has 7 heteroatoms. The third-order valence-electron chi connectivity index (χ3n) is 7.22. The Labute approximate surface area is 219 Å². The maximum absolute atomic E-state index is 13.4. The van der Waals surface area contributed by atoms with Crippen LogP contribution < -0.4 is 4.74 Å². The Bertz CT molecular complexity index is 1120. The first-order valence-electron chi connectivity index (χ1n) is 13.3. The van der Waals surface area contributed by atoms with Crippen LogP contribution in [0, 0.1) is 0 Å². The summed E-state index contributed by atoms with van der Waals surface area (Å²) >= 11 is 5.97. The average Bonchev–Trinajstić information content (AvgIpc) is 3.32. The Morgan fingerprint density at radius 2 is 1.69 bits per heavy atom. The maximum atomic E-state index is 13.4. The number of aliphatic hydroxyl groups is 1. The normalized spacial score (nSPS) is 17.9. The Balaban J connectivity index is 0.00000148. The van der Waals surface area contributed by atoms with Crippen LogP contribution in [-0.4, -0.2) is 58.0 Å². The van der Waals surface area contributed by atoms with Crippen LogP contribution in [-0.2, 0) is 11.4 Å². The lowest BCUT2D eigenvalue weighted by atomic mass is 9.98. The lowest BCUT2D eigenvalue weighted by molar-refractivity contribution is -0.142. The van der Waals surface area contributed by atoms with Gasteiger partial charge in [-0.2, -0.15) is 0 Å². The van der Waals surface area contributed by atoms with E-state index in [0.29, 0.717) is 41.2 Å². The van der Waals surface area contributed by atoms with Gasteiger partial charge < -0.3 is 24.6 Å². The number of piperidine rings is 2. The van der Waals surface area contributed by atoms with Gasteiger partial charge in [0.25, 0.3) is 5.91 Å². The van der Waals surface area contributed by atoms with Gasteiger partial charge in [0.05, 0.1) is 5.69 Å². The number of aromatic amines is 1. The number of carbonyl (C=O) groups is 1. The Kier molecular flexibility index (Phi) is 9.30. The summed E-state index contributed by atoms with van der Waals surface area (Å²) in [6, 6.07) is 15.5. The van der Waals surface area contributed by atoms with Gasteiger partial charge in [-0.1, -0.05) is 50.1 Å². The third-order valence-corrected chi connectivity index (χ3v) is 7.47. The van der Waals surface area contributed by atoms with Crippen molar-refractivity contribution >= 4 is 28.4 Å². The summed E-state index contributed by atoms with van der Waals surface area (Å²) in [7, 11) is 0. The standard InChI is InChI=1S/C27H32ClN3O3.C2H6/c28-19-8-10-21(11-9-19)34-18-24-25(22-6-2-3-7-23(22)29-24)26(32)27(33)31-16-12-20(13-17-31)30-14-4-1-5-15-30;1-2/h2-3,6-11,20,26,29,32H,1,4-5,12-18H2;1-2H3. The summed E-state index contributed by atoms with van der Waals surface area (Å²) in [5.74, 6) is 0.448. The summed E-state index contributed by atoms with van der Waals surface area (Å²) in [5, 5.41) is 12.8. The fourth-order valence-electron chi connectivity index (χ4n) is 5.36. The lowest BCUT2D eigenvalue weighted by Crippen LogP contribution is -2.49. The van der Waals surface area contributed by atoms with Crippen LogP contribution in [0.25, 0.3) is 10.9 Å². The maximum Gasteiger partial charge on any atom is 0.256 e. The third kappa shape index (κ3) is 6.05. The number of nitrogens with one attached hydrogen (secondary N) is 1. The monoisotopic (exact) mass is 511 g/mol. The number of nitrogens with zero attached hydrogens (tertiary/aromatic N) is 2. The fraction of sp³-hybridized carbons (Fsp3) is 0.483. The van der Waals surface area contributed by atoms with Crippen molar-refractivity contribution < 1.29 is 14.6 Å². The molecule has 194 valence electrons. The molecule has 2 N–H and O–H groups in total. The number of likely N-dealkylation sites (tertiary alicyclic amines) is 2. The van der Waals surface area contributed by atoms with Gasteiger partial charge in [0.1, 0.15) is 12.4 Å². The number of halogens is 1.